The van der Waals surface area contributed by atoms with Crippen LogP contribution in [0.4, 0.5) is 14.5 Å². The highest BCUT2D eigenvalue weighted by atomic mass is 127. The van der Waals surface area contributed by atoms with Gasteiger partial charge in [-0.1, -0.05) is 6.07 Å². The maximum absolute atomic E-state index is 13.8. The van der Waals surface area contributed by atoms with Crippen LogP contribution in [-0.2, 0) is 0 Å². The number of hydrogen-bond donors (Lipinski definition) is 2. The Labute approximate surface area is 152 Å². The smallest absolute Gasteiger partial charge is 0.191 e. The van der Waals surface area contributed by atoms with E-state index in [1.807, 2.05) is 0 Å². The third-order valence-corrected chi connectivity index (χ3v) is 4.45. The van der Waals surface area contributed by atoms with E-state index in [0.29, 0.717) is 19.1 Å². The average molecular weight is 436 g/mol. The molecule has 3 rings (SSSR count). The van der Waals surface area contributed by atoms with Crippen molar-refractivity contribution < 1.29 is 8.78 Å². The van der Waals surface area contributed by atoms with Crippen LogP contribution in [0.15, 0.2) is 23.2 Å². The Morgan fingerprint density at radius 1 is 1.13 bits per heavy atom. The number of guanidine groups is 1. The van der Waals surface area contributed by atoms with E-state index in [0.717, 1.165) is 12.4 Å². The SMILES string of the molecule is CN=C(NC1CCC1)NC1CCN(c2c(F)cccc2F)C1.I. The van der Waals surface area contributed by atoms with Crippen LogP contribution in [0.3, 0.4) is 0 Å². The molecule has 0 radical (unpaired) electrons. The summed E-state index contributed by atoms with van der Waals surface area (Å²) in [6.07, 6.45) is 4.45. The van der Waals surface area contributed by atoms with E-state index in [-0.39, 0.29) is 35.7 Å². The number of anilines is 1. The van der Waals surface area contributed by atoms with Crippen molar-refractivity contribution in [2.75, 3.05) is 25.0 Å². The number of benzene rings is 1. The summed E-state index contributed by atoms with van der Waals surface area (Å²) >= 11 is 0. The summed E-state index contributed by atoms with van der Waals surface area (Å²) < 4.78 is 27.7. The predicted molar refractivity (Wildman–Crippen MR) is 99.7 cm³/mol. The second kappa shape index (κ2) is 8.12. The van der Waals surface area contributed by atoms with Crippen LogP contribution < -0.4 is 15.5 Å². The zero-order chi connectivity index (χ0) is 15.5. The monoisotopic (exact) mass is 436 g/mol. The van der Waals surface area contributed by atoms with E-state index in [4.69, 9.17) is 0 Å². The summed E-state index contributed by atoms with van der Waals surface area (Å²) in [7, 11) is 1.75. The Bertz CT molecular complexity index is 543. The molecule has 23 heavy (non-hydrogen) atoms. The zero-order valence-corrected chi connectivity index (χ0v) is 15.5. The third kappa shape index (κ3) is 4.24. The number of halogens is 3. The molecule has 0 aromatic heterocycles. The molecule has 7 heteroatoms. The number of nitrogens with zero attached hydrogens (tertiary/aromatic N) is 2. The molecule has 1 saturated heterocycles. The second-order valence-corrected chi connectivity index (χ2v) is 5.99. The third-order valence-electron chi connectivity index (χ3n) is 4.45. The van der Waals surface area contributed by atoms with E-state index in [1.165, 1.54) is 37.5 Å². The first-order valence-electron chi connectivity index (χ1n) is 7.86. The Morgan fingerprint density at radius 3 is 2.35 bits per heavy atom. The molecule has 1 aliphatic carbocycles. The number of para-hydroxylation sites is 1. The largest absolute Gasteiger partial charge is 0.365 e. The molecule has 0 bridgehead atoms. The molecule has 4 nitrogen and oxygen atoms in total. The van der Waals surface area contributed by atoms with Crippen LogP contribution in [-0.4, -0.2) is 38.2 Å². The quantitative estimate of drug-likeness (QED) is 0.435. The van der Waals surface area contributed by atoms with Crippen LogP contribution in [0.2, 0.25) is 0 Å². The van der Waals surface area contributed by atoms with Gasteiger partial charge in [-0.25, -0.2) is 8.78 Å². The minimum Gasteiger partial charge on any atom is -0.365 e. The molecule has 128 valence electrons. The second-order valence-electron chi connectivity index (χ2n) is 5.99. The van der Waals surface area contributed by atoms with Crippen LogP contribution in [0.5, 0.6) is 0 Å². The molecule has 0 amide bonds. The van der Waals surface area contributed by atoms with Crippen LogP contribution in [0, 0.1) is 11.6 Å². The molecule has 1 atom stereocenters. The summed E-state index contributed by atoms with van der Waals surface area (Å²) in [5.41, 5.74) is 0.0775. The van der Waals surface area contributed by atoms with E-state index >= 15 is 0 Å². The summed E-state index contributed by atoms with van der Waals surface area (Å²) in [6, 6.07) is 4.65. The van der Waals surface area contributed by atoms with Gasteiger partial charge in [-0.3, -0.25) is 4.99 Å². The highest BCUT2D eigenvalue weighted by Gasteiger charge is 2.28. The molecule has 1 aromatic carbocycles. The van der Waals surface area contributed by atoms with Crippen molar-refractivity contribution in [3.63, 3.8) is 0 Å². The molecule has 1 heterocycles. The fourth-order valence-corrected chi connectivity index (χ4v) is 2.98. The van der Waals surface area contributed by atoms with Crippen molar-refractivity contribution in [3.8, 4) is 0 Å². The van der Waals surface area contributed by atoms with E-state index in [1.54, 1.807) is 11.9 Å². The van der Waals surface area contributed by atoms with Gasteiger partial charge in [0.25, 0.3) is 0 Å². The molecule has 1 saturated carbocycles. The number of nitrogens with one attached hydrogen (secondary N) is 2. The van der Waals surface area contributed by atoms with Gasteiger partial charge in [0.1, 0.15) is 17.3 Å². The summed E-state index contributed by atoms with van der Waals surface area (Å²) in [4.78, 5) is 6.00. The van der Waals surface area contributed by atoms with Gasteiger partial charge in [0.15, 0.2) is 5.96 Å². The number of aliphatic imine (C=N–C) groups is 1. The van der Waals surface area contributed by atoms with Crippen molar-refractivity contribution >= 4 is 35.6 Å². The molecule has 1 unspecified atom stereocenters. The minimum atomic E-state index is -0.502. The molecule has 0 spiro atoms. The summed E-state index contributed by atoms with van der Waals surface area (Å²) in [5.74, 6) is -0.221. The topological polar surface area (TPSA) is 39.7 Å². The first-order chi connectivity index (χ1) is 10.7. The van der Waals surface area contributed by atoms with E-state index in [2.05, 4.69) is 15.6 Å². The van der Waals surface area contributed by atoms with Crippen molar-refractivity contribution in [3.05, 3.63) is 29.8 Å². The Balaban J connectivity index is 0.00000192. The molecule has 1 aromatic rings. The van der Waals surface area contributed by atoms with Gasteiger partial charge >= 0.3 is 0 Å². The highest BCUT2D eigenvalue weighted by molar-refractivity contribution is 14.0. The van der Waals surface area contributed by atoms with Gasteiger partial charge in [-0.2, -0.15) is 0 Å². The Morgan fingerprint density at radius 2 is 1.78 bits per heavy atom. The van der Waals surface area contributed by atoms with Crippen molar-refractivity contribution in [1.82, 2.24) is 10.6 Å². The minimum absolute atomic E-state index is 0. The Kier molecular flexibility index (Phi) is 6.43. The fraction of sp³-hybridized carbons (Fsp3) is 0.562. The molecular weight excluding hydrogens is 413 g/mol. The lowest BCUT2D eigenvalue weighted by atomic mass is 9.93. The van der Waals surface area contributed by atoms with Crippen LogP contribution >= 0.6 is 24.0 Å². The van der Waals surface area contributed by atoms with Crippen LogP contribution in [0.25, 0.3) is 0 Å². The summed E-state index contributed by atoms with van der Waals surface area (Å²) in [5, 5.41) is 6.74. The van der Waals surface area contributed by atoms with Gasteiger partial charge in [0.05, 0.1) is 0 Å². The predicted octanol–water partition coefficient (Wildman–Crippen LogP) is 2.88. The Hall–Kier alpha value is -1.12. The van der Waals surface area contributed by atoms with Gasteiger partial charge < -0.3 is 15.5 Å². The zero-order valence-electron chi connectivity index (χ0n) is 13.2. The molecule has 2 N–H and O–H groups in total. The number of rotatable bonds is 3. The van der Waals surface area contributed by atoms with Gasteiger partial charge in [0.2, 0.25) is 0 Å². The van der Waals surface area contributed by atoms with Gasteiger partial charge in [-0.15, -0.1) is 24.0 Å². The highest BCUT2D eigenvalue weighted by Crippen LogP contribution is 2.26. The molecular formula is C16H23F2IN4. The van der Waals surface area contributed by atoms with Crippen LogP contribution in [0.1, 0.15) is 25.7 Å². The molecule has 2 fully saturated rings. The van der Waals surface area contributed by atoms with E-state index < -0.39 is 11.6 Å². The molecule has 2 aliphatic rings. The number of hydrogen-bond acceptors (Lipinski definition) is 2. The van der Waals surface area contributed by atoms with Gasteiger partial charge in [0, 0.05) is 32.2 Å². The lowest BCUT2D eigenvalue weighted by molar-refractivity contribution is 0.378. The van der Waals surface area contributed by atoms with Crippen molar-refractivity contribution in [1.29, 1.82) is 0 Å². The normalized spacial score (nSPS) is 21.6. The van der Waals surface area contributed by atoms with Crippen molar-refractivity contribution in [2.45, 2.75) is 37.8 Å². The standard InChI is InChI=1S/C16H22F2N4.HI/c1-19-16(20-11-4-2-5-11)21-12-8-9-22(10-12)15-13(17)6-3-7-14(15)18;/h3,6-7,11-12H,2,4-5,8-10H2,1H3,(H2,19,20,21);1H. The molecule has 1 aliphatic heterocycles. The first kappa shape index (κ1) is 18.2. The lowest BCUT2D eigenvalue weighted by Gasteiger charge is -2.29. The first-order valence-corrected chi connectivity index (χ1v) is 7.86. The van der Waals surface area contributed by atoms with Crippen molar-refractivity contribution in [2.24, 2.45) is 4.99 Å². The van der Waals surface area contributed by atoms with Gasteiger partial charge in [-0.05, 0) is 37.8 Å². The lowest BCUT2D eigenvalue weighted by Crippen LogP contribution is -2.50. The summed E-state index contributed by atoms with van der Waals surface area (Å²) in [6.45, 7) is 1.21. The fourth-order valence-electron chi connectivity index (χ4n) is 2.98. The average Bonchev–Trinajstić information content (AvgIpc) is 2.89. The maximum atomic E-state index is 13.8. The van der Waals surface area contributed by atoms with E-state index in [9.17, 15) is 8.78 Å². The maximum Gasteiger partial charge on any atom is 0.191 e.